The van der Waals surface area contributed by atoms with Gasteiger partial charge in [-0.1, -0.05) is 35.3 Å². The van der Waals surface area contributed by atoms with Gasteiger partial charge < -0.3 is 29.1 Å². The van der Waals surface area contributed by atoms with Gasteiger partial charge in [0.1, 0.15) is 24.0 Å². The number of likely N-dealkylation sites (tertiary alicyclic amines) is 1. The van der Waals surface area contributed by atoms with E-state index in [2.05, 4.69) is 21.2 Å². The molecule has 0 amide bonds. The molecular weight excluding hydrogens is 529 g/mol. The third kappa shape index (κ3) is 6.32. The third-order valence-electron chi connectivity index (χ3n) is 6.16. The van der Waals surface area contributed by atoms with Gasteiger partial charge in [0, 0.05) is 19.5 Å². The van der Waals surface area contributed by atoms with Gasteiger partial charge in [0.25, 0.3) is 5.89 Å². The lowest BCUT2D eigenvalue weighted by Crippen LogP contribution is -2.40. The van der Waals surface area contributed by atoms with Crippen LogP contribution in [0.5, 0.6) is 5.75 Å². The quantitative estimate of drug-likeness (QED) is 0.328. The minimum Gasteiger partial charge on any atom is -0.490 e. The van der Waals surface area contributed by atoms with Crippen LogP contribution in [-0.2, 0) is 0 Å². The van der Waals surface area contributed by atoms with Crippen molar-refractivity contribution in [3.8, 4) is 17.4 Å². The Morgan fingerprint density at radius 1 is 1.08 bits per heavy atom. The topological polar surface area (TPSA) is 116 Å². The van der Waals surface area contributed by atoms with Crippen LogP contribution in [0.2, 0.25) is 10.0 Å². The van der Waals surface area contributed by atoms with E-state index in [1.807, 2.05) is 36.4 Å². The number of rotatable bonds is 7. The van der Waals surface area contributed by atoms with Gasteiger partial charge in [-0.15, -0.1) is 22.6 Å². The standard InChI is InChI=1S/C25H25Cl2N3O4.ClH.H2O/c1-15-28-29-25(33-15)24-12-19-22(3-2-4-23(19)34-24)32-14-18(31)13-30-9-7-16(8-10-30)17-5-6-20(26)21(27)11-17;;/h2-6,11-12,16,18,31H,7-10,13-14H2,1H3;1H;1H2/t18-;;/m1../s1. The fourth-order valence-electron chi connectivity index (χ4n) is 4.41. The minimum atomic E-state index is -0.609. The molecule has 0 spiro atoms. The molecular formula is C25H28Cl3N3O5. The Labute approximate surface area is 224 Å². The van der Waals surface area contributed by atoms with Crippen LogP contribution in [0.3, 0.4) is 0 Å². The molecule has 1 atom stereocenters. The number of aromatic nitrogens is 2. The van der Waals surface area contributed by atoms with E-state index in [0.717, 1.165) is 31.3 Å². The van der Waals surface area contributed by atoms with E-state index in [-0.39, 0.29) is 24.5 Å². The summed E-state index contributed by atoms with van der Waals surface area (Å²) in [4.78, 5) is 2.27. The van der Waals surface area contributed by atoms with Gasteiger partial charge in [0.05, 0.1) is 15.4 Å². The number of hydrogen-bond donors (Lipinski definition) is 1. The highest BCUT2D eigenvalue weighted by molar-refractivity contribution is 6.42. The summed E-state index contributed by atoms with van der Waals surface area (Å²) in [6, 6.07) is 13.3. The number of aryl methyl sites for hydroxylation is 1. The smallest absolute Gasteiger partial charge is 0.283 e. The monoisotopic (exact) mass is 555 g/mol. The molecule has 194 valence electrons. The number of fused-ring (bicyclic) bond motifs is 1. The van der Waals surface area contributed by atoms with Gasteiger partial charge in [0.2, 0.25) is 5.89 Å². The highest BCUT2D eigenvalue weighted by atomic mass is 35.5. The zero-order chi connectivity index (χ0) is 23.7. The van der Waals surface area contributed by atoms with Crippen LogP contribution in [0.25, 0.3) is 22.6 Å². The summed E-state index contributed by atoms with van der Waals surface area (Å²) in [6.45, 7) is 4.29. The normalized spacial score (nSPS) is 15.3. The molecule has 0 bridgehead atoms. The Kier molecular flexibility index (Phi) is 9.63. The van der Waals surface area contributed by atoms with E-state index in [1.54, 1.807) is 6.92 Å². The summed E-state index contributed by atoms with van der Waals surface area (Å²) < 4.78 is 17.2. The van der Waals surface area contributed by atoms with Crippen molar-refractivity contribution in [1.29, 1.82) is 0 Å². The number of nitrogens with zero attached hydrogens (tertiary/aromatic N) is 3. The summed E-state index contributed by atoms with van der Waals surface area (Å²) in [7, 11) is 0. The van der Waals surface area contributed by atoms with Crippen LogP contribution in [-0.4, -0.2) is 58.0 Å². The summed E-state index contributed by atoms with van der Waals surface area (Å²) in [6.07, 6.45) is 1.41. The maximum absolute atomic E-state index is 10.6. The Balaban J connectivity index is 0.00000180. The second-order valence-electron chi connectivity index (χ2n) is 8.62. The molecule has 0 unspecified atom stereocenters. The average molecular weight is 557 g/mol. The first-order chi connectivity index (χ1) is 16.5. The van der Waals surface area contributed by atoms with Crippen molar-refractivity contribution in [1.82, 2.24) is 15.1 Å². The van der Waals surface area contributed by atoms with Gasteiger partial charge >= 0.3 is 0 Å². The number of ether oxygens (including phenoxy) is 1. The van der Waals surface area contributed by atoms with Crippen LogP contribution < -0.4 is 4.74 Å². The molecule has 1 fully saturated rings. The van der Waals surface area contributed by atoms with Crippen molar-refractivity contribution < 1.29 is 24.2 Å². The molecule has 8 nitrogen and oxygen atoms in total. The second-order valence-corrected chi connectivity index (χ2v) is 9.43. The number of aliphatic hydroxyl groups is 1. The molecule has 36 heavy (non-hydrogen) atoms. The van der Waals surface area contributed by atoms with Gasteiger partial charge in [-0.05, 0) is 61.7 Å². The van der Waals surface area contributed by atoms with E-state index >= 15 is 0 Å². The summed E-state index contributed by atoms with van der Waals surface area (Å²) >= 11 is 12.2. The molecule has 2 aromatic carbocycles. The van der Waals surface area contributed by atoms with Gasteiger partial charge in [0.15, 0.2) is 5.76 Å². The number of furan rings is 1. The summed E-state index contributed by atoms with van der Waals surface area (Å²) in [5.41, 5.74) is 1.88. The van der Waals surface area contributed by atoms with Crippen molar-refractivity contribution in [2.45, 2.75) is 31.8 Å². The number of piperidine rings is 1. The second kappa shape index (κ2) is 12.3. The van der Waals surface area contributed by atoms with Crippen LogP contribution in [0.4, 0.5) is 0 Å². The zero-order valence-corrected chi connectivity index (χ0v) is 21.9. The Morgan fingerprint density at radius 3 is 2.56 bits per heavy atom. The number of benzene rings is 2. The van der Waals surface area contributed by atoms with Crippen LogP contribution in [0.15, 0.2) is 51.3 Å². The number of hydrogen-bond acceptors (Lipinski definition) is 7. The largest absolute Gasteiger partial charge is 0.490 e. The van der Waals surface area contributed by atoms with E-state index in [1.165, 1.54) is 5.56 Å². The van der Waals surface area contributed by atoms with Crippen molar-refractivity contribution in [2.24, 2.45) is 0 Å². The molecule has 0 radical (unpaired) electrons. The maximum atomic E-state index is 10.6. The molecule has 2 aromatic heterocycles. The first-order valence-electron chi connectivity index (χ1n) is 11.3. The minimum absolute atomic E-state index is 0. The van der Waals surface area contributed by atoms with Gasteiger partial charge in [-0.25, -0.2) is 0 Å². The van der Waals surface area contributed by atoms with Crippen molar-refractivity contribution in [2.75, 3.05) is 26.2 Å². The first-order valence-corrected chi connectivity index (χ1v) is 12.0. The lowest BCUT2D eigenvalue weighted by atomic mass is 9.89. The number of halogens is 3. The van der Waals surface area contributed by atoms with E-state index < -0.39 is 6.10 Å². The number of β-amino-alcohol motifs (C(OH)–C–C–N with tert-alkyl or cyclic N) is 1. The molecule has 4 aromatic rings. The Bertz CT molecular complexity index is 1290. The molecule has 0 aliphatic carbocycles. The van der Waals surface area contributed by atoms with Crippen LogP contribution in [0, 0.1) is 6.92 Å². The Hall–Kier alpha value is -2.33. The lowest BCUT2D eigenvalue weighted by Gasteiger charge is -2.33. The maximum Gasteiger partial charge on any atom is 0.283 e. The predicted octanol–water partition coefficient (Wildman–Crippen LogP) is 5.31. The third-order valence-corrected chi connectivity index (χ3v) is 6.90. The highest BCUT2D eigenvalue weighted by Crippen LogP contribution is 2.34. The van der Waals surface area contributed by atoms with Gasteiger partial charge in [-0.3, -0.25) is 0 Å². The molecule has 1 aliphatic heterocycles. The molecule has 5 rings (SSSR count). The van der Waals surface area contributed by atoms with E-state index in [4.69, 9.17) is 36.8 Å². The predicted molar refractivity (Wildman–Crippen MR) is 141 cm³/mol. The molecule has 1 aliphatic rings. The van der Waals surface area contributed by atoms with E-state index in [0.29, 0.717) is 51.4 Å². The molecule has 3 heterocycles. The number of aliphatic hydroxyl groups excluding tert-OH is 1. The molecule has 0 saturated carbocycles. The SMILES string of the molecule is Cc1nnc(-c2cc3c(OC[C@H](O)CN4CCC(c5ccc(Cl)c(Cl)c5)CC4)cccc3o2)o1.Cl.O. The molecule has 11 heteroatoms. The van der Waals surface area contributed by atoms with Gasteiger partial charge in [-0.2, -0.15) is 0 Å². The lowest BCUT2D eigenvalue weighted by molar-refractivity contribution is 0.0599. The Morgan fingerprint density at radius 2 is 1.86 bits per heavy atom. The molecule has 1 saturated heterocycles. The van der Waals surface area contributed by atoms with Crippen LogP contribution >= 0.6 is 35.6 Å². The van der Waals surface area contributed by atoms with E-state index in [9.17, 15) is 5.11 Å². The fourth-order valence-corrected chi connectivity index (χ4v) is 4.72. The van der Waals surface area contributed by atoms with Crippen molar-refractivity contribution in [3.05, 3.63) is 64.0 Å². The average Bonchev–Trinajstić information content (AvgIpc) is 3.46. The van der Waals surface area contributed by atoms with Crippen molar-refractivity contribution in [3.63, 3.8) is 0 Å². The molecule has 3 N–H and O–H groups in total. The van der Waals surface area contributed by atoms with Crippen molar-refractivity contribution >= 4 is 46.6 Å². The highest BCUT2D eigenvalue weighted by Gasteiger charge is 2.23. The summed E-state index contributed by atoms with van der Waals surface area (Å²) in [5, 5.41) is 20.4. The first kappa shape index (κ1) is 28.2. The van der Waals surface area contributed by atoms with Crippen LogP contribution in [0.1, 0.15) is 30.2 Å². The zero-order valence-electron chi connectivity index (χ0n) is 19.6. The fraction of sp³-hybridized carbons (Fsp3) is 0.360. The summed E-state index contributed by atoms with van der Waals surface area (Å²) in [5.74, 6) is 2.37.